The molecule has 0 spiro atoms. The van der Waals surface area contributed by atoms with Crippen LogP contribution in [0.1, 0.15) is 15.9 Å². The zero-order chi connectivity index (χ0) is 13.1. The van der Waals surface area contributed by atoms with Gasteiger partial charge in [-0.25, -0.2) is 4.98 Å². The van der Waals surface area contributed by atoms with E-state index in [9.17, 15) is 4.79 Å². The molecule has 94 valence electrons. The highest BCUT2D eigenvalue weighted by Crippen LogP contribution is 2.21. The third kappa shape index (κ3) is 2.33. The van der Waals surface area contributed by atoms with Gasteiger partial charge < -0.3 is 9.72 Å². The number of aldehydes is 1. The van der Waals surface area contributed by atoms with Crippen LogP contribution in [0.3, 0.4) is 0 Å². The first-order valence-electron chi connectivity index (χ1n) is 5.96. The van der Waals surface area contributed by atoms with E-state index in [-0.39, 0.29) is 0 Å². The third-order valence-corrected chi connectivity index (χ3v) is 2.91. The fourth-order valence-electron chi connectivity index (χ4n) is 1.92. The predicted octanol–water partition coefficient (Wildman–Crippen LogP) is 2.95. The summed E-state index contributed by atoms with van der Waals surface area (Å²) in [4.78, 5) is 18.0. The molecule has 3 rings (SSSR count). The highest BCUT2D eigenvalue weighted by Gasteiger charge is 2.05. The summed E-state index contributed by atoms with van der Waals surface area (Å²) in [7, 11) is 0. The van der Waals surface area contributed by atoms with Crippen LogP contribution in [-0.4, -0.2) is 16.3 Å². The lowest BCUT2D eigenvalue weighted by atomic mass is 10.2. The Balaban J connectivity index is 1.83. The molecule has 0 aliphatic heterocycles. The summed E-state index contributed by atoms with van der Waals surface area (Å²) in [6, 6.07) is 11.7. The molecule has 3 aromatic rings. The van der Waals surface area contributed by atoms with Gasteiger partial charge >= 0.3 is 0 Å². The van der Waals surface area contributed by atoms with Gasteiger partial charge in [-0.2, -0.15) is 0 Å². The average Bonchev–Trinajstić information content (AvgIpc) is 2.88. The van der Waals surface area contributed by atoms with Crippen LogP contribution >= 0.6 is 0 Å². The molecule has 4 heteroatoms. The zero-order valence-electron chi connectivity index (χ0n) is 10.2. The lowest BCUT2D eigenvalue weighted by Gasteiger charge is -2.05. The maximum absolute atomic E-state index is 10.9. The zero-order valence-corrected chi connectivity index (χ0v) is 10.2. The van der Waals surface area contributed by atoms with Crippen LogP contribution in [0.2, 0.25) is 0 Å². The molecule has 0 aliphatic carbocycles. The minimum atomic E-state index is 0.481. The van der Waals surface area contributed by atoms with E-state index in [4.69, 9.17) is 4.74 Å². The van der Waals surface area contributed by atoms with E-state index in [2.05, 4.69) is 9.97 Å². The van der Waals surface area contributed by atoms with Gasteiger partial charge in [0.1, 0.15) is 18.0 Å². The SMILES string of the molecule is O=Cc1c[nH]c2ncc(OCc3ccccc3)cc12. The average molecular weight is 252 g/mol. The summed E-state index contributed by atoms with van der Waals surface area (Å²) < 4.78 is 5.68. The molecule has 2 heterocycles. The van der Waals surface area contributed by atoms with Gasteiger partial charge in [0.25, 0.3) is 0 Å². The minimum Gasteiger partial charge on any atom is -0.487 e. The maximum Gasteiger partial charge on any atom is 0.152 e. The molecule has 2 aromatic heterocycles. The highest BCUT2D eigenvalue weighted by atomic mass is 16.5. The second-order valence-corrected chi connectivity index (χ2v) is 4.20. The van der Waals surface area contributed by atoms with Crippen molar-refractivity contribution in [2.24, 2.45) is 0 Å². The Morgan fingerprint density at radius 2 is 2.11 bits per heavy atom. The number of ether oxygens (including phenoxy) is 1. The van der Waals surface area contributed by atoms with Crippen LogP contribution in [-0.2, 0) is 6.61 Å². The molecule has 4 nitrogen and oxygen atoms in total. The van der Waals surface area contributed by atoms with E-state index in [1.54, 1.807) is 12.4 Å². The van der Waals surface area contributed by atoms with Crippen molar-refractivity contribution in [3.63, 3.8) is 0 Å². The number of hydrogen-bond acceptors (Lipinski definition) is 3. The maximum atomic E-state index is 10.9. The molecule has 0 bridgehead atoms. The number of carbonyl (C=O) groups excluding carboxylic acids is 1. The molecule has 0 atom stereocenters. The summed E-state index contributed by atoms with van der Waals surface area (Å²) >= 11 is 0. The van der Waals surface area contributed by atoms with Crippen molar-refractivity contribution in [2.45, 2.75) is 6.61 Å². The van der Waals surface area contributed by atoms with Crippen LogP contribution < -0.4 is 4.74 Å². The van der Waals surface area contributed by atoms with Gasteiger partial charge in [-0.3, -0.25) is 4.79 Å². The first kappa shape index (κ1) is 11.5. The Hall–Kier alpha value is -2.62. The highest BCUT2D eigenvalue weighted by molar-refractivity contribution is 5.96. The Labute approximate surface area is 110 Å². The number of H-pyrrole nitrogens is 1. The number of benzene rings is 1. The number of nitrogens with zero attached hydrogens (tertiary/aromatic N) is 1. The largest absolute Gasteiger partial charge is 0.487 e. The van der Waals surface area contributed by atoms with Gasteiger partial charge in [-0.1, -0.05) is 30.3 Å². The number of fused-ring (bicyclic) bond motifs is 1. The van der Waals surface area contributed by atoms with Crippen LogP contribution in [0.25, 0.3) is 11.0 Å². The topological polar surface area (TPSA) is 55.0 Å². The number of pyridine rings is 1. The van der Waals surface area contributed by atoms with Gasteiger partial charge in [-0.05, 0) is 11.6 Å². The Morgan fingerprint density at radius 3 is 2.89 bits per heavy atom. The number of hydrogen-bond donors (Lipinski definition) is 1. The molecule has 0 unspecified atom stereocenters. The number of aromatic nitrogens is 2. The lowest BCUT2D eigenvalue weighted by molar-refractivity contribution is 0.112. The fourth-order valence-corrected chi connectivity index (χ4v) is 1.92. The van der Waals surface area contributed by atoms with Crippen molar-refractivity contribution in [1.29, 1.82) is 0 Å². The summed E-state index contributed by atoms with van der Waals surface area (Å²) in [5.74, 6) is 0.652. The second-order valence-electron chi connectivity index (χ2n) is 4.20. The van der Waals surface area contributed by atoms with E-state index in [1.807, 2.05) is 36.4 Å². The molecule has 0 radical (unpaired) electrons. The van der Waals surface area contributed by atoms with E-state index in [0.717, 1.165) is 17.2 Å². The number of rotatable bonds is 4. The molecule has 0 amide bonds. The van der Waals surface area contributed by atoms with Crippen molar-refractivity contribution in [3.8, 4) is 5.75 Å². The van der Waals surface area contributed by atoms with Crippen molar-refractivity contribution >= 4 is 17.3 Å². The first-order valence-corrected chi connectivity index (χ1v) is 5.96. The Kier molecular flexibility index (Phi) is 2.98. The minimum absolute atomic E-state index is 0.481. The fraction of sp³-hybridized carbons (Fsp3) is 0.0667. The Morgan fingerprint density at radius 1 is 1.26 bits per heavy atom. The first-order chi connectivity index (χ1) is 9.36. The molecule has 1 N–H and O–H groups in total. The standard InChI is InChI=1S/C15H12N2O2/c18-9-12-7-16-15-14(12)6-13(8-17-15)19-10-11-4-2-1-3-5-11/h1-9H,10H2,(H,16,17). The predicted molar refractivity (Wildman–Crippen MR) is 72.3 cm³/mol. The van der Waals surface area contributed by atoms with Gasteiger partial charge in [0.15, 0.2) is 6.29 Å². The summed E-state index contributed by atoms with van der Waals surface area (Å²) in [5.41, 5.74) is 2.37. The second kappa shape index (κ2) is 4.94. The summed E-state index contributed by atoms with van der Waals surface area (Å²) in [5, 5.41) is 0.778. The third-order valence-electron chi connectivity index (χ3n) is 2.91. The van der Waals surface area contributed by atoms with Crippen molar-refractivity contribution < 1.29 is 9.53 Å². The smallest absolute Gasteiger partial charge is 0.152 e. The van der Waals surface area contributed by atoms with Gasteiger partial charge in [0.05, 0.1) is 6.20 Å². The molecular formula is C15H12N2O2. The normalized spacial score (nSPS) is 10.5. The van der Waals surface area contributed by atoms with Gasteiger partial charge in [0.2, 0.25) is 0 Å². The molecule has 0 saturated carbocycles. The van der Waals surface area contributed by atoms with E-state index in [1.165, 1.54) is 0 Å². The van der Waals surface area contributed by atoms with E-state index in [0.29, 0.717) is 23.6 Å². The van der Waals surface area contributed by atoms with Crippen LogP contribution in [0, 0.1) is 0 Å². The monoisotopic (exact) mass is 252 g/mol. The van der Waals surface area contributed by atoms with Crippen LogP contribution in [0.15, 0.2) is 48.8 Å². The van der Waals surface area contributed by atoms with E-state index < -0.39 is 0 Å². The Bertz CT molecular complexity index is 704. The van der Waals surface area contributed by atoms with E-state index >= 15 is 0 Å². The molecule has 0 fully saturated rings. The molecular weight excluding hydrogens is 240 g/mol. The molecule has 19 heavy (non-hydrogen) atoms. The molecule has 1 aromatic carbocycles. The number of aromatic amines is 1. The van der Waals surface area contributed by atoms with Gasteiger partial charge in [-0.15, -0.1) is 0 Å². The van der Waals surface area contributed by atoms with Crippen molar-refractivity contribution in [3.05, 3.63) is 59.9 Å². The molecule has 0 aliphatic rings. The van der Waals surface area contributed by atoms with Crippen LogP contribution in [0.5, 0.6) is 5.75 Å². The van der Waals surface area contributed by atoms with Crippen molar-refractivity contribution in [1.82, 2.24) is 9.97 Å². The van der Waals surface area contributed by atoms with Crippen molar-refractivity contribution in [2.75, 3.05) is 0 Å². The molecule has 0 saturated heterocycles. The number of carbonyl (C=O) groups is 1. The number of nitrogens with one attached hydrogen (secondary N) is 1. The quantitative estimate of drug-likeness (QED) is 0.726. The lowest BCUT2D eigenvalue weighted by Crippen LogP contribution is -1.95. The summed E-state index contributed by atoms with van der Waals surface area (Å²) in [6.45, 7) is 0.481. The summed E-state index contributed by atoms with van der Waals surface area (Å²) in [6.07, 6.45) is 4.10. The van der Waals surface area contributed by atoms with Gasteiger partial charge in [0, 0.05) is 17.1 Å². The van der Waals surface area contributed by atoms with Crippen LogP contribution in [0.4, 0.5) is 0 Å².